The van der Waals surface area contributed by atoms with E-state index in [1.165, 1.54) is 0 Å². The first-order valence-electron chi connectivity index (χ1n) is 7.93. The Labute approximate surface area is 132 Å². The van der Waals surface area contributed by atoms with Crippen molar-refractivity contribution in [2.75, 3.05) is 52.7 Å². The van der Waals surface area contributed by atoms with Crippen molar-refractivity contribution in [3.05, 3.63) is 0 Å². The summed E-state index contributed by atoms with van der Waals surface area (Å²) in [5.74, 6) is 0.149. The van der Waals surface area contributed by atoms with Gasteiger partial charge in [-0.1, -0.05) is 27.7 Å². The van der Waals surface area contributed by atoms with E-state index in [-0.39, 0.29) is 14.7 Å². The Hall–Kier alpha value is -0.690. The zero-order valence-electron chi connectivity index (χ0n) is 14.2. The fourth-order valence-corrected chi connectivity index (χ4v) is 1.23. The quantitative estimate of drug-likeness (QED) is 0.506. The molecule has 1 amide bonds. The van der Waals surface area contributed by atoms with Crippen LogP contribution in [0, 0.1) is 5.92 Å². The molecule has 3 N–H and O–H groups in total. The van der Waals surface area contributed by atoms with Crippen molar-refractivity contribution in [2.45, 2.75) is 34.1 Å². The summed E-state index contributed by atoms with van der Waals surface area (Å²) < 4.78 is 15.8. The van der Waals surface area contributed by atoms with Gasteiger partial charge in [0.05, 0.1) is 39.6 Å². The lowest BCUT2D eigenvalue weighted by Gasteiger charge is -2.10. The van der Waals surface area contributed by atoms with Gasteiger partial charge in [0.15, 0.2) is 0 Å². The van der Waals surface area contributed by atoms with Gasteiger partial charge in [0.1, 0.15) is 0 Å². The molecule has 132 valence electrons. The summed E-state index contributed by atoms with van der Waals surface area (Å²) in [4.78, 5) is 11.4. The Balaban J connectivity index is -0.000000432. The van der Waals surface area contributed by atoms with Crippen LogP contribution in [0.2, 0.25) is 0 Å². The van der Waals surface area contributed by atoms with Crippen LogP contribution in [-0.4, -0.2) is 58.6 Å². The fourth-order valence-electron chi connectivity index (χ4n) is 1.23. The Morgan fingerprint density at radius 2 is 1.52 bits per heavy atom. The number of nitrogens with two attached hydrogens (primary N) is 1. The van der Waals surface area contributed by atoms with Gasteiger partial charge in [0.25, 0.3) is 0 Å². The van der Waals surface area contributed by atoms with Crippen molar-refractivity contribution in [3.8, 4) is 0 Å². The third kappa shape index (κ3) is 17.3. The molecule has 0 aromatic carbocycles. The summed E-state index contributed by atoms with van der Waals surface area (Å²) in [5, 5.41) is 2.82. The Kier molecular flexibility index (Phi) is 20.8. The van der Waals surface area contributed by atoms with E-state index in [9.17, 15) is 4.79 Å². The van der Waals surface area contributed by atoms with E-state index >= 15 is 0 Å². The molecule has 0 aliphatic rings. The van der Waals surface area contributed by atoms with Crippen molar-refractivity contribution >= 4 is 5.91 Å². The molecule has 6 heteroatoms. The molecule has 6 nitrogen and oxygen atoms in total. The molecule has 0 bridgehead atoms. The predicted octanol–water partition coefficient (Wildman–Crippen LogP) is 1.68. The van der Waals surface area contributed by atoms with Gasteiger partial charge in [-0.15, -0.1) is 0 Å². The highest BCUT2D eigenvalue weighted by atomic mass is 16.5. The van der Waals surface area contributed by atoms with Crippen LogP contribution in [0.15, 0.2) is 0 Å². The predicted molar refractivity (Wildman–Crippen MR) is 89.6 cm³/mol. The van der Waals surface area contributed by atoms with Crippen LogP contribution in [0.1, 0.15) is 37.0 Å². The monoisotopic (exact) mass is 310 g/mol. The lowest BCUT2D eigenvalue weighted by Crippen LogP contribution is -2.31. The highest BCUT2D eigenvalue weighted by Crippen LogP contribution is 1.98. The molecule has 0 rings (SSSR count). The molecule has 0 heterocycles. The maximum atomic E-state index is 11.4. The molecule has 0 aliphatic heterocycles. The summed E-state index contributed by atoms with van der Waals surface area (Å²) in [6, 6.07) is 0. The lowest BCUT2D eigenvalue weighted by atomic mass is 10.1. The molecule has 0 aliphatic carbocycles. The van der Waals surface area contributed by atoms with Crippen molar-refractivity contribution in [1.29, 1.82) is 0 Å². The molecule has 0 aromatic rings. The van der Waals surface area contributed by atoms with Gasteiger partial charge >= 0.3 is 0 Å². The standard InChI is InChI=1S/C13H28N2O4.C2H6.2H2/c1-3-12(2)13(16)15-5-7-18-9-11-19-10-8-17-6-4-14;1-2;;/h12H,3-11,14H2,1-2H3,(H,15,16);1-2H3;2*1H. The van der Waals surface area contributed by atoms with E-state index < -0.39 is 0 Å². The van der Waals surface area contributed by atoms with Crippen LogP contribution in [0.4, 0.5) is 0 Å². The number of nitrogens with one attached hydrogen (secondary N) is 1. The first kappa shape index (κ1) is 22.6. The number of amides is 1. The topological polar surface area (TPSA) is 82.8 Å². The highest BCUT2D eigenvalue weighted by molar-refractivity contribution is 5.78. The number of carbonyl (C=O) groups is 1. The van der Waals surface area contributed by atoms with E-state index in [1.807, 2.05) is 27.7 Å². The summed E-state index contributed by atoms with van der Waals surface area (Å²) in [7, 11) is 0. The SMILES string of the molecule is CC.CCC(C)C(=O)NCCOCCOCCOCCN.[HH].[HH]. The zero-order valence-corrected chi connectivity index (χ0v) is 14.2. The molecule has 0 fully saturated rings. The van der Waals surface area contributed by atoms with E-state index in [1.54, 1.807) is 0 Å². The Morgan fingerprint density at radius 3 is 2.00 bits per heavy atom. The van der Waals surface area contributed by atoms with Gasteiger partial charge < -0.3 is 25.3 Å². The summed E-state index contributed by atoms with van der Waals surface area (Å²) >= 11 is 0. The summed E-state index contributed by atoms with van der Waals surface area (Å²) in [5.41, 5.74) is 5.27. The fraction of sp³-hybridized carbons (Fsp3) is 0.933. The first-order valence-corrected chi connectivity index (χ1v) is 7.93. The summed E-state index contributed by atoms with van der Waals surface area (Å²) in [6.45, 7) is 12.2. The van der Waals surface area contributed by atoms with E-state index in [0.29, 0.717) is 52.7 Å². The molecule has 0 aromatic heterocycles. The van der Waals surface area contributed by atoms with Crippen molar-refractivity contribution in [1.82, 2.24) is 5.32 Å². The Bertz CT molecular complexity index is 226. The minimum Gasteiger partial charge on any atom is -0.378 e. The average Bonchev–Trinajstić information content (AvgIpc) is 2.53. The van der Waals surface area contributed by atoms with Gasteiger partial charge in [-0.25, -0.2) is 0 Å². The van der Waals surface area contributed by atoms with Crippen LogP contribution >= 0.6 is 0 Å². The van der Waals surface area contributed by atoms with Crippen molar-refractivity contribution < 1.29 is 21.9 Å². The molecule has 0 saturated carbocycles. The third-order valence-electron chi connectivity index (χ3n) is 2.61. The van der Waals surface area contributed by atoms with Gasteiger partial charge in [0, 0.05) is 21.9 Å². The van der Waals surface area contributed by atoms with Gasteiger partial charge in [0.2, 0.25) is 5.91 Å². The normalized spacial score (nSPS) is 11.5. The maximum absolute atomic E-state index is 11.4. The number of carbonyl (C=O) groups excluding carboxylic acids is 1. The molecular weight excluding hydrogens is 272 g/mol. The number of hydrogen-bond acceptors (Lipinski definition) is 5. The third-order valence-corrected chi connectivity index (χ3v) is 2.61. The van der Waals surface area contributed by atoms with E-state index in [2.05, 4.69) is 5.32 Å². The van der Waals surface area contributed by atoms with Gasteiger partial charge in [-0.05, 0) is 6.42 Å². The van der Waals surface area contributed by atoms with E-state index in [4.69, 9.17) is 19.9 Å². The zero-order chi connectivity index (χ0) is 16.3. The molecule has 0 spiro atoms. The van der Waals surface area contributed by atoms with Crippen LogP contribution in [0.25, 0.3) is 0 Å². The molecule has 21 heavy (non-hydrogen) atoms. The van der Waals surface area contributed by atoms with Crippen molar-refractivity contribution in [2.24, 2.45) is 11.7 Å². The molecule has 1 atom stereocenters. The van der Waals surface area contributed by atoms with Crippen LogP contribution < -0.4 is 11.1 Å². The van der Waals surface area contributed by atoms with E-state index in [0.717, 1.165) is 6.42 Å². The molecule has 0 radical (unpaired) electrons. The first-order chi connectivity index (χ1) is 10.2. The second-order valence-electron chi connectivity index (χ2n) is 4.23. The minimum atomic E-state index is 0. The Morgan fingerprint density at radius 1 is 1.05 bits per heavy atom. The maximum Gasteiger partial charge on any atom is 0.222 e. The van der Waals surface area contributed by atoms with Crippen LogP contribution in [0.5, 0.6) is 0 Å². The largest absolute Gasteiger partial charge is 0.378 e. The van der Waals surface area contributed by atoms with Gasteiger partial charge in [-0.2, -0.15) is 0 Å². The second-order valence-corrected chi connectivity index (χ2v) is 4.23. The van der Waals surface area contributed by atoms with Crippen molar-refractivity contribution in [3.63, 3.8) is 0 Å². The average molecular weight is 310 g/mol. The number of rotatable bonds is 13. The minimum absolute atomic E-state index is 0. The molecule has 0 saturated heterocycles. The summed E-state index contributed by atoms with van der Waals surface area (Å²) in [6.07, 6.45) is 0.854. The smallest absolute Gasteiger partial charge is 0.222 e. The lowest BCUT2D eigenvalue weighted by molar-refractivity contribution is -0.124. The molecular formula is C15H38N2O4. The van der Waals surface area contributed by atoms with Crippen LogP contribution in [0.3, 0.4) is 0 Å². The second kappa shape index (κ2) is 19.3. The van der Waals surface area contributed by atoms with Gasteiger partial charge in [-0.3, -0.25) is 4.79 Å². The highest BCUT2D eigenvalue weighted by Gasteiger charge is 2.08. The number of hydrogen-bond donors (Lipinski definition) is 2. The molecule has 1 unspecified atom stereocenters. The number of ether oxygens (including phenoxy) is 3. The van der Waals surface area contributed by atoms with Crippen LogP contribution in [-0.2, 0) is 19.0 Å².